The van der Waals surface area contributed by atoms with Gasteiger partial charge in [0.15, 0.2) is 11.6 Å². The number of hydrogen-bond donors (Lipinski definition) is 1. The molecule has 0 unspecified atom stereocenters. The van der Waals surface area contributed by atoms with Crippen molar-refractivity contribution in [1.82, 2.24) is 0 Å². The van der Waals surface area contributed by atoms with Crippen LogP contribution in [-0.4, -0.2) is 16.7 Å². The fraction of sp³-hybridized carbons (Fsp3) is 0. The molecule has 1 aliphatic carbocycles. The van der Waals surface area contributed by atoms with Gasteiger partial charge in [-0.05, 0) is 6.07 Å². The molecule has 0 aliphatic heterocycles. The highest BCUT2D eigenvalue weighted by molar-refractivity contribution is 6.44. The van der Waals surface area contributed by atoms with E-state index in [1.807, 2.05) is 0 Å². The molecule has 0 spiro atoms. The normalized spacial score (nSPS) is 13.2. The molecule has 2 aromatic carbocycles. The maximum atomic E-state index is 12.3. The zero-order chi connectivity index (χ0) is 13.7. The quantitative estimate of drug-likeness (QED) is 0.690. The third-order valence-corrected chi connectivity index (χ3v) is 3.86. The van der Waals surface area contributed by atoms with Crippen LogP contribution >= 0.6 is 23.2 Å². The predicted molar refractivity (Wildman–Crippen MR) is 71.4 cm³/mol. The summed E-state index contributed by atoms with van der Waals surface area (Å²) in [5.41, 5.74) is 0.556. The molecule has 5 heteroatoms. The first-order valence-corrected chi connectivity index (χ1v) is 6.17. The zero-order valence-corrected chi connectivity index (χ0v) is 10.9. The van der Waals surface area contributed by atoms with Crippen molar-refractivity contribution >= 4 is 34.8 Å². The molecule has 0 aromatic heterocycles. The fourth-order valence-corrected chi connectivity index (χ4v) is 2.53. The molecule has 0 amide bonds. The Balaban J connectivity index is 2.40. The second kappa shape index (κ2) is 4.08. The molecule has 0 heterocycles. The largest absolute Gasteiger partial charge is 0.506 e. The minimum Gasteiger partial charge on any atom is -0.506 e. The summed E-state index contributed by atoms with van der Waals surface area (Å²) in [5, 5.41) is 9.86. The number of hydrogen-bond acceptors (Lipinski definition) is 3. The number of phenolic OH excluding ortho intramolecular Hbond substituents is 1. The molecule has 0 saturated carbocycles. The van der Waals surface area contributed by atoms with Gasteiger partial charge in [0.2, 0.25) is 0 Å². The molecule has 19 heavy (non-hydrogen) atoms. The summed E-state index contributed by atoms with van der Waals surface area (Å²) in [6.45, 7) is 0. The van der Waals surface area contributed by atoms with E-state index in [1.54, 1.807) is 24.3 Å². The highest BCUT2D eigenvalue weighted by Gasteiger charge is 2.33. The van der Waals surface area contributed by atoms with Crippen LogP contribution in [0.4, 0.5) is 0 Å². The zero-order valence-electron chi connectivity index (χ0n) is 9.41. The highest BCUT2D eigenvalue weighted by Crippen LogP contribution is 2.41. The number of halogens is 2. The third-order valence-electron chi connectivity index (χ3n) is 3.08. The fourth-order valence-electron chi connectivity index (χ4n) is 2.18. The Labute approximate surface area is 118 Å². The van der Waals surface area contributed by atoms with Crippen molar-refractivity contribution in [3.63, 3.8) is 0 Å². The maximum Gasteiger partial charge on any atom is 0.198 e. The Morgan fingerprint density at radius 1 is 0.895 bits per heavy atom. The second-order valence-corrected chi connectivity index (χ2v) is 4.93. The van der Waals surface area contributed by atoms with E-state index in [1.165, 1.54) is 6.07 Å². The number of fused-ring (bicyclic) bond motifs is 2. The van der Waals surface area contributed by atoms with Crippen molar-refractivity contribution in [3.8, 4) is 5.75 Å². The molecule has 1 aliphatic rings. The first-order chi connectivity index (χ1) is 9.02. The number of ketones is 2. The van der Waals surface area contributed by atoms with Gasteiger partial charge in [-0.25, -0.2) is 0 Å². The number of carbonyl (C=O) groups excluding carboxylic acids is 2. The van der Waals surface area contributed by atoms with Crippen LogP contribution < -0.4 is 0 Å². The smallest absolute Gasteiger partial charge is 0.198 e. The minimum absolute atomic E-state index is 0.0402. The van der Waals surface area contributed by atoms with Crippen LogP contribution in [0.15, 0.2) is 30.3 Å². The highest BCUT2D eigenvalue weighted by atomic mass is 35.5. The standard InChI is InChI=1S/C14H6Cl2O3/c15-9-5-8-10(14(19)11(9)16)13(18)7-4-2-1-3-6(7)12(8)17/h1-5,19H. The van der Waals surface area contributed by atoms with Crippen molar-refractivity contribution in [2.24, 2.45) is 0 Å². The van der Waals surface area contributed by atoms with E-state index in [-0.39, 0.29) is 32.5 Å². The number of rotatable bonds is 0. The van der Waals surface area contributed by atoms with Gasteiger partial charge < -0.3 is 5.11 Å². The maximum absolute atomic E-state index is 12.3. The number of benzene rings is 2. The summed E-state index contributed by atoms with van der Waals surface area (Å²) in [4.78, 5) is 24.6. The van der Waals surface area contributed by atoms with E-state index >= 15 is 0 Å². The van der Waals surface area contributed by atoms with Gasteiger partial charge in [0.05, 0.1) is 10.6 Å². The Morgan fingerprint density at radius 2 is 1.47 bits per heavy atom. The van der Waals surface area contributed by atoms with Crippen LogP contribution in [0.25, 0.3) is 0 Å². The number of phenols is 1. The van der Waals surface area contributed by atoms with Crippen LogP contribution in [0.5, 0.6) is 5.75 Å². The third kappa shape index (κ3) is 1.59. The van der Waals surface area contributed by atoms with Gasteiger partial charge in [-0.1, -0.05) is 47.5 Å². The van der Waals surface area contributed by atoms with Crippen molar-refractivity contribution in [2.45, 2.75) is 0 Å². The predicted octanol–water partition coefficient (Wildman–Crippen LogP) is 3.47. The lowest BCUT2D eigenvalue weighted by atomic mass is 9.83. The van der Waals surface area contributed by atoms with E-state index in [0.29, 0.717) is 5.56 Å². The van der Waals surface area contributed by atoms with Gasteiger partial charge in [0.25, 0.3) is 0 Å². The molecule has 94 valence electrons. The van der Waals surface area contributed by atoms with Gasteiger partial charge in [0.1, 0.15) is 10.8 Å². The van der Waals surface area contributed by atoms with E-state index in [0.717, 1.165) is 0 Å². The van der Waals surface area contributed by atoms with Crippen molar-refractivity contribution in [2.75, 3.05) is 0 Å². The van der Waals surface area contributed by atoms with E-state index in [2.05, 4.69) is 0 Å². The molecule has 0 saturated heterocycles. The second-order valence-electron chi connectivity index (χ2n) is 4.15. The van der Waals surface area contributed by atoms with E-state index in [9.17, 15) is 14.7 Å². The Morgan fingerprint density at radius 3 is 2.11 bits per heavy atom. The van der Waals surface area contributed by atoms with Crippen LogP contribution in [0, 0.1) is 0 Å². The summed E-state index contributed by atoms with van der Waals surface area (Å²) in [5.74, 6) is -1.22. The lowest BCUT2D eigenvalue weighted by molar-refractivity contribution is 0.0976. The van der Waals surface area contributed by atoms with Crippen LogP contribution in [0.1, 0.15) is 31.8 Å². The lowest BCUT2D eigenvalue weighted by Gasteiger charge is -2.19. The van der Waals surface area contributed by atoms with Gasteiger partial charge in [-0.15, -0.1) is 0 Å². The van der Waals surface area contributed by atoms with Crippen molar-refractivity contribution < 1.29 is 14.7 Å². The van der Waals surface area contributed by atoms with Crippen molar-refractivity contribution in [3.05, 3.63) is 62.6 Å². The first kappa shape index (κ1) is 12.2. The Kier molecular flexibility index (Phi) is 2.62. The van der Waals surface area contributed by atoms with Crippen LogP contribution in [0.2, 0.25) is 10.0 Å². The molecule has 0 fully saturated rings. The van der Waals surface area contributed by atoms with E-state index in [4.69, 9.17) is 23.2 Å². The summed E-state index contributed by atoms with van der Waals surface area (Å²) >= 11 is 11.6. The summed E-state index contributed by atoms with van der Waals surface area (Å²) in [6, 6.07) is 7.75. The minimum atomic E-state index is -0.447. The summed E-state index contributed by atoms with van der Waals surface area (Å²) in [6.07, 6.45) is 0. The first-order valence-electron chi connectivity index (χ1n) is 5.41. The SMILES string of the molecule is O=C1c2ccccc2C(=O)c2c1cc(Cl)c(Cl)c2O. The Bertz CT molecular complexity index is 751. The molecule has 0 radical (unpaired) electrons. The number of carbonyl (C=O) groups is 2. The lowest BCUT2D eigenvalue weighted by Crippen LogP contribution is -2.21. The van der Waals surface area contributed by atoms with Crippen molar-refractivity contribution in [1.29, 1.82) is 0 Å². The van der Waals surface area contributed by atoms with Crippen LogP contribution in [0.3, 0.4) is 0 Å². The van der Waals surface area contributed by atoms with Gasteiger partial charge in [-0.3, -0.25) is 9.59 Å². The average Bonchev–Trinajstić information content (AvgIpc) is 2.42. The molecule has 3 rings (SSSR count). The summed E-state index contributed by atoms with van der Waals surface area (Å²) < 4.78 is 0. The molecule has 0 bridgehead atoms. The van der Waals surface area contributed by atoms with Crippen LogP contribution in [-0.2, 0) is 0 Å². The molecular weight excluding hydrogens is 287 g/mol. The number of aromatic hydroxyl groups is 1. The summed E-state index contributed by atoms with van der Waals surface area (Å²) in [7, 11) is 0. The van der Waals surface area contributed by atoms with Gasteiger partial charge in [0, 0.05) is 16.7 Å². The molecule has 2 aromatic rings. The topological polar surface area (TPSA) is 54.4 Å². The molecule has 1 N–H and O–H groups in total. The molecule has 3 nitrogen and oxygen atoms in total. The monoisotopic (exact) mass is 292 g/mol. The van der Waals surface area contributed by atoms with Gasteiger partial charge >= 0.3 is 0 Å². The van der Waals surface area contributed by atoms with E-state index < -0.39 is 11.5 Å². The average molecular weight is 293 g/mol. The molecule has 0 atom stereocenters. The molecular formula is C14H6Cl2O3. The Hall–Kier alpha value is -1.84. The van der Waals surface area contributed by atoms with Gasteiger partial charge in [-0.2, -0.15) is 0 Å².